The molecular formula is C14H25N3O. The van der Waals surface area contributed by atoms with Crippen LogP contribution in [0.2, 0.25) is 0 Å². The second kappa shape index (κ2) is 8.06. The van der Waals surface area contributed by atoms with Crippen molar-refractivity contribution < 1.29 is 4.74 Å². The molecule has 0 aliphatic carbocycles. The van der Waals surface area contributed by atoms with Gasteiger partial charge >= 0.3 is 0 Å². The number of nitrogens with one attached hydrogen (secondary N) is 1. The zero-order valence-corrected chi connectivity index (χ0v) is 11.9. The van der Waals surface area contributed by atoms with Crippen LogP contribution in [0.15, 0.2) is 18.2 Å². The molecule has 0 amide bonds. The highest BCUT2D eigenvalue weighted by atomic mass is 16.5. The van der Waals surface area contributed by atoms with E-state index in [0.717, 1.165) is 37.8 Å². The average Bonchev–Trinajstić information content (AvgIpc) is 2.38. The zero-order valence-electron chi connectivity index (χ0n) is 11.9. The van der Waals surface area contributed by atoms with Crippen molar-refractivity contribution in [1.82, 2.24) is 10.3 Å². The van der Waals surface area contributed by atoms with Crippen molar-refractivity contribution >= 4 is 5.82 Å². The smallest absolute Gasteiger partial charge is 0.128 e. The maximum atomic E-state index is 5.12. The van der Waals surface area contributed by atoms with Crippen molar-refractivity contribution in [3.05, 3.63) is 23.9 Å². The highest BCUT2D eigenvalue weighted by Crippen LogP contribution is 2.11. The summed E-state index contributed by atoms with van der Waals surface area (Å²) >= 11 is 0. The van der Waals surface area contributed by atoms with Gasteiger partial charge in [0.15, 0.2) is 0 Å². The Morgan fingerprint density at radius 3 is 2.78 bits per heavy atom. The minimum atomic E-state index is 0.478. The van der Waals surface area contributed by atoms with Crippen molar-refractivity contribution in [1.29, 1.82) is 0 Å². The second-order valence-corrected chi connectivity index (χ2v) is 4.60. The van der Waals surface area contributed by atoms with Crippen LogP contribution in [0, 0.1) is 0 Å². The Kier molecular flexibility index (Phi) is 6.68. The molecule has 0 saturated carbocycles. The van der Waals surface area contributed by atoms with E-state index in [1.807, 2.05) is 0 Å². The molecular weight excluding hydrogens is 226 g/mol. The van der Waals surface area contributed by atoms with E-state index in [1.54, 1.807) is 7.11 Å². The quantitative estimate of drug-likeness (QED) is 0.767. The lowest BCUT2D eigenvalue weighted by atomic mass is 10.3. The lowest BCUT2D eigenvalue weighted by Crippen LogP contribution is -2.28. The second-order valence-electron chi connectivity index (χ2n) is 4.60. The third-order valence-electron chi connectivity index (χ3n) is 2.75. The number of anilines is 1. The zero-order chi connectivity index (χ0) is 13.4. The summed E-state index contributed by atoms with van der Waals surface area (Å²) in [6, 6.07) is 6.65. The number of methoxy groups -OCH3 is 1. The summed E-state index contributed by atoms with van der Waals surface area (Å²) in [6.45, 7) is 9.77. The standard InChI is InChI=1S/C14H25N3O/c1-5-17(9-10-18-4)14-8-6-7-13(16-14)11-15-12(2)3/h6-8,12,15H,5,9-11H2,1-4H3. The molecule has 0 saturated heterocycles. The molecule has 0 radical (unpaired) electrons. The van der Waals surface area contributed by atoms with Crippen molar-refractivity contribution in [2.75, 3.05) is 31.7 Å². The summed E-state index contributed by atoms with van der Waals surface area (Å²) in [5.74, 6) is 1.03. The van der Waals surface area contributed by atoms with E-state index in [1.165, 1.54) is 0 Å². The molecule has 1 N–H and O–H groups in total. The van der Waals surface area contributed by atoms with Gasteiger partial charge in [0.05, 0.1) is 12.3 Å². The van der Waals surface area contributed by atoms with Crippen LogP contribution in [0.1, 0.15) is 26.5 Å². The summed E-state index contributed by atoms with van der Waals surface area (Å²) in [7, 11) is 1.73. The number of nitrogens with zero attached hydrogens (tertiary/aromatic N) is 2. The number of rotatable bonds is 8. The molecule has 1 aromatic heterocycles. The maximum absolute atomic E-state index is 5.12. The van der Waals surface area contributed by atoms with Gasteiger partial charge in [-0.05, 0) is 19.1 Å². The molecule has 18 heavy (non-hydrogen) atoms. The van der Waals surface area contributed by atoms with E-state index in [9.17, 15) is 0 Å². The molecule has 0 atom stereocenters. The maximum Gasteiger partial charge on any atom is 0.128 e. The Bertz CT molecular complexity index is 342. The van der Waals surface area contributed by atoms with Gasteiger partial charge in [0, 0.05) is 32.8 Å². The first-order chi connectivity index (χ1) is 8.67. The minimum absolute atomic E-state index is 0.478. The van der Waals surface area contributed by atoms with Gasteiger partial charge in [0.2, 0.25) is 0 Å². The number of hydrogen-bond donors (Lipinski definition) is 1. The molecule has 1 heterocycles. The van der Waals surface area contributed by atoms with Crippen LogP contribution in [0.4, 0.5) is 5.82 Å². The Labute approximate surface area is 110 Å². The first-order valence-electron chi connectivity index (χ1n) is 6.60. The molecule has 1 rings (SSSR count). The number of ether oxygens (including phenoxy) is 1. The fourth-order valence-corrected chi connectivity index (χ4v) is 1.69. The number of likely N-dealkylation sites (N-methyl/N-ethyl adjacent to an activating group) is 1. The molecule has 4 heteroatoms. The monoisotopic (exact) mass is 251 g/mol. The summed E-state index contributed by atoms with van der Waals surface area (Å²) in [5.41, 5.74) is 1.08. The van der Waals surface area contributed by atoms with Crippen LogP contribution < -0.4 is 10.2 Å². The molecule has 4 nitrogen and oxygen atoms in total. The molecule has 0 bridgehead atoms. The first kappa shape index (κ1) is 14.9. The van der Waals surface area contributed by atoms with Crippen LogP contribution in [0.25, 0.3) is 0 Å². The lowest BCUT2D eigenvalue weighted by molar-refractivity contribution is 0.205. The fourth-order valence-electron chi connectivity index (χ4n) is 1.69. The topological polar surface area (TPSA) is 37.4 Å². The van der Waals surface area contributed by atoms with Gasteiger partial charge in [0.25, 0.3) is 0 Å². The summed E-state index contributed by atoms with van der Waals surface area (Å²) in [5, 5.41) is 3.38. The van der Waals surface area contributed by atoms with Crippen LogP contribution in [0.5, 0.6) is 0 Å². The number of pyridine rings is 1. The van der Waals surface area contributed by atoms with E-state index in [2.05, 4.69) is 54.2 Å². The van der Waals surface area contributed by atoms with E-state index < -0.39 is 0 Å². The number of hydrogen-bond acceptors (Lipinski definition) is 4. The molecule has 0 unspecified atom stereocenters. The predicted octanol–water partition coefficient (Wildman–Crippen LogP) is 2.05. The Hall–Kier alpha value is -1.13. The molecule has 0 aliphatic heterocycles. The largest absolute Gasteiger partial charge is 0.383 e. The normalized spacial score (nSPS) is 10.9. The van der Waals surface area contributed by atoms with Crippen molar-refractivity contribution in [3.63, 3.8) is 0 Å². The van der Waals surface area contributed by atoms with Crippen LogP contribution in [-0.2, 0) is 11.3 Å². The fraction of sp³-hybridized carbons (Fsp3) is 0.643. The third kappa shape index (κ3) is 5.02. The highest BCUT2D eigenvalue weighted by molar-refractivity contribution is 5.39. The van der Waals surface area contributed by atoms with E-state index >= 15 is 0 Å². The third-order valence-corrected chi connectivity index (χ3v) is 2.75. The molecule has 0 spiro atoms. The van der Waals surface area contributed by atoms with Crippen molar-refractivity contribution in [2.45, 2.75) is 33.4 Å². The van der Waals surface area contributed by atoms with Gasteiger partial charge in [-0.25, -0.2) is 4.98 Å². The average molecular weight is 251 g/mol. The highest BCUT2D eigenvalue weighted by Gasteiger charge is 2.06. The van der Waals surface area contributed by atoms with Crippen molar-refractivity contribution in [3.8, 4) is 0 Å². The molecule has 1 aromatic rings. The van der Waals surface area contributed by atoms with Crippen LogP contribution in [0.3, 0.4) is 0 Å². The van der Waals surface area contributed by atoms with E-state index in [-0.39, 0.29) is 0 Å². The Balaban J connectivity index is 2.66. The van der Waals surface area contributed by atoms with Gasteiger partial charge in [-0.2, -0.15) is 0 Å². The molecule has 102 valence electrons. The first-order valence-corrected chi connectivity index (χ1v) is 6.60. The van der Waals surface area contributed by atoms with Gasteiger partial charge < -0.3 is 15.0 Å². The molecule has 0 aromatic carbocycles. The van der Waals surface area contributed by atoms with Crippen LogP contribution >= 0.6 is 0 Å². The van der Waals surface area contributed by atoms with Gasteiger partial charge in [0.1, 0.15) is 5.82 Å². The van der Waals surface area contributed by atoms with Crippen LogP contribution in [-0.4, -0.2) is 37.8 Å². The predicted molar refractivity (Wildman–Crippen MR) is 76.0 cm³/mol. The van der Waals surface area contributed by atoms with Crippen molar-refractivity contribution in [2.24, 2.45) is 0 Å². The van der Waals surface area contributed by atoms with E-state index in [4.69, 9.17) is 4.74 Å². The minimum Gasteiger partial charge on any atom is -0.383 e. The lowest BCUT2D eigenvalue weighted by Gasteiger charge is -2.22. The summed E-state index contributed by atoms with van der Waals surface area (Å²) in [4.78, 5) is 6.90. The molecule has 0 fully saturated rings. The SMILES string of the molecule is CCN(CCOC)c1cccc(CNC(C)C)n1. The molecule has 0 aliphatic rings. The van der Waals surface area contributed by atoms with Gasteiger partial charge in [-0.1, -0.05) is 19.9 Å². The van der Waals surface area contributed by atoms with E-state index in [0.29, 0.717) is 6.04 Å². The Morgan fingerprint density at radius 1 is 1.39 bits per heavy atom. The Morgan fingerprint density at radius 2 is 2.17 bits per heavy atom. The van der Waals surface area contributed by atoms with Gasteiger partial charge in [-0.15, -0.1) is 0 Å². The summed E-state index contributed by atoms with van der Waals surface area (Å²) in [6.07, 6.45) is 0. The number of aromatic nitrogens is 1. The van der Waals surface area contributed by atoms with Gasteiger partial charge in [-0.3, -0.25) is 0 Å². The summed E-state index contributed by atoms with van der Waals surface area (Å²) < 4.78 is 5.12.